The SMILES string of the molecule is O=C(Nc1nccs1)N1CCN(C2CCOc3cc(C(F)(F)F)ccc32)CC1. The number of carbonyl (C=O) groups excluding carboxylic acids is 1. The zero-order valence-electron chi connectivity index (χ0n) is 14.9. The number of thiazole rings is 1. The van der Waals surface area contributed by atoms with Crippen LogP contribution in [0.4, 0.5) is 23.1 Å². The maximum atomic E-state index is 13.0. The summed E-state index contributed by atoms with van der Waals surface area (Å²) < 4.78 is 44.3. The molecule has 4 rings (SSSR count). The Hall–Kier alpha value is -2.33. The lowest BCUT2D eigenvalue weighted by Crippen LogP contribution is -2.51. The summed E-state index contributed by atoms with van der Waals surface area (Å²) in [6.45, 7) is 2.77. The maximum absolute atomic E-state index is 13.0. The molecule has 28 heavy (non-hydrogen) atoms. The van der Waals surface area contributed by atoms with Crippen molar-refractivity contribution in [1.82, 2.24) is 14.8 Å². The highest BCUT2D eigenvalue weighted by Crippen LogP contribution is 2.40. The van der Waals surface area contributed by atoms with Crippen molar-refractivity contribution in [2.45, 2.75) is 18.6 Å². The molecular formula is C18H19F3N4O2S. The summed E-state index contributed by atoms with van der Waals surface area (Å²) >= 11 is 1.36. The molecule has 150 valence electrons. The van der Waals surface area contributed by atoms with Crippen molar-refractivity contribution in [3.8, 4) is 5.75 Å². The summed E-state index contributed by atoms with van der Waals surface area (Å²) in [5.41, 5.74) is 0.0792. The molecule has 1 N–H and O–H groups in total. The van der Waals surface area contributed by atoms with Crippen molar-refractivity contribution < 1.29 is 22.7 Å². The van der Waals surface area contributed by atoms with Gasteiger partial charge in [0.25, 0.3) is 0 Å². The fraction of sp³-hybridized carbons (Fsp3) is 0.444. The van der Waals surface area contributed by atoms with Crippen molar-refractivity contribution in [2.24, 2.45) is 0 Å². The quantitative estimate of drug-likeness (QED) is 0.815. The van der Waals surface area contributed by atoms with E-state index in [2.05, 4.69) is 15.2 Å². The molecule has 1 atom stereocenters. The Labute approximate surface area is 163 Å². The fourth-order valence-corrected chi connectivity index (χ4v) is 4.14. The molecule has 3 heterocycles. The van der Waals surface area contributed by atoms with Crippen LogP contribution < -0.4 is 10.1 Å². The summed E-state index contributed by atoms with van der Waals surface area (Å²) in [5.74, 6) is 0.301. The van der Waals surface area contributed by atoms with E-state index in [4.69, 9.17) is 4.74 Å². The Balaban J connectivity index is 1.41. The van der Waals surface area contributed by atoms with Crippen LogP contribution in [0.2, 0.25) is 0 Å². The van der Waals surface area contributed by atoms with Gasteiger partial charge in [0.2, 0.25) is 0 Å². The van der Waals surface area contributed by atoms with Crippen molar-refractivity contribution in [3.05, 3.63) is 40.9 Å². The van der Waals surface area contributed by atoms with Gasteiger partial charge in [-0.1, -0.05) is 6.07 Å². The standard InChI is InChI=1S/C18H19F3N4O2S/c19-18(20,21)12-1-2-13-14(3-9-27-15(13)11-12)24-5-7-25(8-6-24)17(26)23-16-22-4-10-28-16/h1-2,4,10-11,14H,3,5-9H2,(H,22,23,26). The first kappa shape index (κ1) is 19.0. The topological polar surface area (TPSA) is 57.7 Å². The molecule has 6 nitrogen and oxygen atoms in total. The van der Waals surface area contributed by atoms with Crippen LogP contribution in [0.5, 0.6) is 5.75 Å². The van der Waals surface area contributed by atoms with E-state index in [0.717, 1.165) is 17.7 Å². The summed E-state index contributed by atoms with van der Waals surface area (Å²) in [6.07, 6.45) is -2.05. The Bertz CT molecular complexity index is 836. The number of piperazine rings is 1. The number of nitrogens with zero attached hydrogens (tertiary/aromatic N) is 3. The molecule has 2 aliphatic heterocycles. The molecule has 1 saturated heterocycles. The van der Waals surface area contributed by atoms with E-state index in [1.165, 1.54) is 17.4 Å². The smallest absolute Gasteiger partial charge is 0.416 e. The predicted octanol–water partition coefficient (Wildman–Crippen LogP) is 3.84. The van der Waals surface area contributed by atoms with Crippen molar-refractivity contribution in [2.75, 3.05) is 38.1 Å². The second kappa shape index (κ2) is 7.59. The zero-order chi connectivity index (χ0) is 19.7. The number of aromatic nitrogens is 1. The van der Waals surface area contributed by atoms with E-state index in [9.17, 15) is 18.0 Å². The lowest BCUT2D eigenvalue weighted by atomic mass is 9.96. The molecule has 0 saturated carbocycles. The van der Waals surface area contributed by atoms with Gasteiger partial charge in [0.15, 0.2) is 5.13 Å². The van der Waals surface area contributed by atoms with Crippen molar-refractivity contribution >= 4 is 22.5 Å². The van der Waals surface area contributed by atoms with E-state index in [-0.39, 0.29) is 12.1 Å². The van der Waals surface area contributed by atoms with Crippen LogP contribution in [0.25, 0.3) is 0 Å². The third kappa shape index (κ3) is 3.93. The summed E-state index contributed by atoms with van der Waals surface area (Å²) in [7, 11) is 0. The van der Waals surface area contributed by atoms with E-state index < -0.39 is 11.7 Å². The number of amides is 2. The highest BCUT2D eigenvalue weighted by molar-refractivity contribution is 7.13. The molecule has 0 bridgehead atoms. The lowest BCUT2D eigenvalue weighted by Gasteiger charge is -2.41. The minimum atomic E-state index is -4.39. The predicted molar refractivity (Wildman–Crippen MR) is 98.6 cm³/mol. The number of nitrogens with one attached hydrogen (secondary N) is 1. The van der Waals surface area contributed by atoms with Gasteiger partial charge in [-0.25, -0.2) is 9.78 Å². The number of hydrogen-bond acceptors (Lipinski definition) is 5. The molecule has 0 radical (unpaired) electrons. The van der Waals surface area contributed by atoms with Gasteiger partial charge in [-0.05, 0) is 12.1 Å². The van der Waals surface area contributed by atoms with Crippen molar-refractivity contribution in [3.63, 3.8) is 0 Å². The number of benzene rings is 1. The minimum Gasteiger partial charge on any atom is -0.493 e. The number of hydrogen-bond donors (Lipinski definition) is 1. The third-order valence-corrected chi connectivity index (χ3v) is 5.73. The van der Waals surface area contributed by atoms with Gasteiger partial charge in [0.05, 0.1) is 12.2 Å². The second-order valence-corrected chi connectivity index (χ2v) is 7.59. The molecule has 1 aromatic heterocycles. The van der Waals surface area contributed by atoms with Crippen LogP contribution in [0.1, 0.15) is 23.6 Å². The Morgan fingerprint density at radius 3 is 2.71 bits per heavy atom. The number of ether oxygens (including phenoxy) is 1. The Morgan fingerprint density at radius 1 is 1.25 bits per heavy atom. The van der Waals surface area contributed by atoms with Crippen LogP contribution in [0.15, 0.2) is 29.8 Å². The van der Waals surface area contributed by atoms with Crippen LogP contribution in [0.3, 0.4) is 0 Å². The van der Waals surface area contributed by atoms with Gasteiger partial charge >= 0.3 is 12.2 Å². The van der Waals surface area contributed by atoms with Crippen LogP contribution >= 0.6 is 11.3 Å². The zero-order valence-corrected chi connectivity index (χ0v) is 15.7. The molecule has 2 amide bonds. The molecule has 0 spiro atoms. The number of urea groups is 1. The lowest BCUT2D eigenvalue weighted by molar-refractivity contribution is -0.137. The van der Waals surface area contributed by atoms with Gasteiger partial charge in [-0.2, -0.15) is 13.2 Å². The highest BCUT2D eigenvalue weighted by atomic mass is 32.1. The van der Waals surface area contributed by atoms with Gasteiger partial charge in [-0.3, -0.25) is 10.2 Å². The first-order chi connectivity index (χ1) is 13.4. The number of carbonyl (C=O) groups is 1. The second-order valence-electron chi connectivity index (χ2n) is 6.69. The first-order valence-corrected chi connectivity index (χ1v) is 9.83. The highest BCUT2D eigenvalue weighted by Gasteiger charge is 2.35. The molecule has 10 heteroatoms. The normalized spacial score (nSPS) is 20.4. The molecule has 0 aliphatic carbocycles. The summed E-state index contributed by atoms with van der Waals surface area (Å²) in [5, 5.41) is 5.12. The minimum absolute atomic E-state index is 0.00444. The average molecular weight is 412 g/mol. The summed E-state index contributed by atoms with van der Waals surface area (Å²) in [6, 6.07) is 3.52. The fourth-order valence-electron chi connectivity index (χ4n) is 3.62. The van der Waals surface area contributed by atoms with Crippen LogP contribution in [-0.2, 0) is 6.18 Å². The van der Waals surface area contributed by atoms with Crippen molar-refractivity contribution in [1.29, 1.82) is 0 Å². The number of alkyl halides is 3. The van der Waals surface area contributed by atoms with Gasteiger partial charge in [0, 0.05) is 55.8 Å². The Kier molecular flexibility index (Phi) is 5.15. The molecular weight excluding hydrogens is 393 g/mol. The number of fused-ring (bicyclic) bond motifs is 1. The average Bonchev–Trinajstić information content (AvgIpc) is 3.19. The number of halogens is 3. The number of anilines is 1. The number of rotatable bonds is 2. The van der Waals surface area contributed by atoms with E-state index >= 15 is 0 Å². The molecule has 2 aliphatic rings. The van der Waals surface area contributed by atoms with E-state index in [1.807, 2.05) is 0 Å². The Morgan fingerprint density at radius 2 is 2.04 bits per heavy atom. The largest absolute Gasteiger partial charge is 0.493 e. The first-order valence-electron chi connectivity index (χ1n) is 8.95. The van der Waals surface area contributed by atoms with Gasteiger partial charge < -0.3 is 9.64 Å². The van der Waals surface area contributed by atoms with E-state index in [1.54, 1.807) is 16.5 Å². The van der Waals surface area contributed by atoms with E-state index in [0.29, 0.717) is 50.1 Å². The molecule has 1 unspecified atom stereocenters. The molecule has 2 aromatic rings. The van der Waals surface area contributed by atoms with Gasteiger partial charge in [0.1, 0.15) is 5.75 Å². The van der Waals surface area contributed by atoms with Crippen LogP contribution in [0, 0.1) is 0 Å². The third-order valence-electron chi connectivity index (χ3n) is 5.04. The molecule has 1 fully saturated rings. The maximum Gasteiger partial charge on any atom is 0.416 e. The monoisotopic (exact) mass is 412 g/mol. The van der Waals surface area contributed by atoms with Gasteiger partial charge in [-0.15, -0.1) is 11.3 Å². The van der Waals surface area contributed by atoms with Crippen LogP contribution in [-0.4, -0.2) is 53.6 Å². The summed E-state index contributed by atoms with van der Waals surface area (Å²) in [4.78, 5) is 20.3. The molecule has 1 aromatic carbocycles.